The van der Waals surface area contributed by atoms with Gasteiger partial charge in [-0.25, -0.2) is 4.79 Å². The highest BCUT2D eigenvalue weighted by Gasteiger charge is 2.21. The number of unbranched alkanes of at least 4 members (excludes halogenated alkanes) is 4. The van der Waals surface area contributed by atoms with Crippen molar-refractivity contribution in [3.05, 3.63) is 77.4 Å². The Morgan fingerprint density at radius 3 is 2.06 bits per heavy atom. The van der Waals surface area contributed by atoms with Crippen molar-refractivity contribution in [1.29, 1.82) is 0 Å². The molecule has 0 aromatic heterocycles. The number of hydrogen-bond acceptors (Lipinski definition) is 7. The summed E-state index contributed by atoms with van der Waals surface area (Å²) in [5.74, 6) is 2.19. The summed E-state index contributed by atoms with van der Waals surface area (Å²) < 4.78 is 33.6. The smallest absolute Gasteiger partial charge is 0.322 e. The van der Waals surface area contributed by atoms with E-state index in [1.807, 2.05) is 29.2 Å². The van der Waals surface area contributed by atoms with Crippen molar-refractivity contribution < 1.29 is 33.2 Å². The van der Waals surface area contributed by atoms with E-state index < -0.39 is 0 Å². The van der Waals surface area contributed by atoms with Gasteiger partial charge in [-0.05, 0) is 47.1 Å². The normalized spacial score (nSPS) is 11.2. The number of hydrogen-bond donors (Lipinski definition) is 1. The minimum absolute atomic E-state index is 0.144. The molecule has 0 spiro atoms. The molecule has 3 rings (SSSR count). The number of urea groups is 1. The molecule has 0 fully saturated rings. The number of amides is 2. The zero-order chi connectivity index (χ0) is 34.8. The largest absolute Gasteiger partial charge is 0.496 e. The molecule has 9 heteroatoms. The SMILES string of the molecule is CCCCCCCN(Cc1ccc(OCOCCOC)cc1)C(=O)Nc1c(OC)cc(OC)cc1OCc1ccc(CC(C)(C)C)cc1. The monoisotopic (exact) mass is 664 g/mol. The van der Waals surface area contributed by atoms with Crippen LogP contribution in [0.3, 0.4) is 0 Å². The Balaban J connectivity index is 1.76. The van der Waals surface area contributed by atoms with Crippen molar-refractivity contribution in [2.45, 2.75) is 79.4 Å². The van der Waals surface area contributed by atoms with Gasteiger partial charge in [0, 0.05) is 32.3 Å². The summed E-state index contributed by atoms with van der Waals surface area (Å²) in [6.07, 6.45) is 6.45. The van der Waals surface area contributed by atoms with E-state index in [0.29, 0.717) is 61.6 Å². The molecule has 0 atom stereocenters. The van der Waals surface area contributed by atoms with Gasteiger partial charge in [-0.2, -0.15) is 0 Å². The number of nitrogens with one attached hydrogen (secondary N) is 1. The van der Waals surface area contributed by atoms with Crippen molar-refractivity contribution in [2.75, 3.05) is 53.2 Å². The zero-order valence-electron chi connectivity index (χ0n) is 30.1. The van der Waals surface area contributed by atoms with Crippen LogP contribution in [0.1, 0.15) is 76.5 Å². The fourth-order valence-electron chi connectivity index (χ4n) is 5.18. The molecule has 264 valence electrons. The Morgan fingerprint density at radius 2 is 1.42 bits per heavy atom. The van der Waals surface area contributed by atoms with Crippen LogP contribution in [0.5, 0.6) is 23.0 Å². The molecule has 0 aliphatic heterocycles. The standard InChI is InChI=1S/C39H56N2O7/c1-8-9-10-11-12-21-41(27-31-17-19-33(20-18-31)48-29-46-23-22-43-5)38(42)40-37-35(45-7)24-34(44-6)25-36(37)47-28-32-15-13-30(14-16-32)26-39(2,3)4/h13-20,24-25H,8-12,21-23,26-29H2,1-7H3,(H,40,42). The first-order valence-corrected chi connectivity index (χ1v) is 17.0. The molecule has 9 nitrogen and oxygen atoms in total. The molecule has 1 N–H and O–H groups in total. The number of nitrogens with zero attached hydrogens (tertiary/aromatic N) is 1. The Bertz CT molecular complexity index is 1350. The first kappa shape index (κ1) is 38.5. The number of carbonyl (C=O) groups excluding carboxylic acids is 1. The number of benzene rings is 3. The molecule has 3 aromatic carbocycles. The second-order valence-electron chi connectivity index (χ2n) is 13.1. The molecule has 0 aliphatic rings. The predicted octanol–water partition coefficient (Wildman–Crippen LogP) is 8.88. The summed E-state index contributed by atoms with van der Waals surface area (Å²) in [5.41, 5.74) is 3.96. The molecular weight excluding hydrogens is 608 g/mol. The van der Waals surface area contributed by atoms with E-state index in [1.54, 1.807) is 33.5 Å². The van der Waals surface area contributed by atoms with Gasteiger partial charge in [0.05, 0.1) is 27.4 Å². The number of methoxy groups -OCH3 is 3. The van der Waals surface area contributed by atoms with E-state index >= 15 is 0 Å². The van der Waals surface area contributed by atoms with E-state index in [-0.39, 0.29) is 18.2 Å². The maximum Gasteiger partial charge on any atom is 0.322 e. The van der Waals surface area contributed by atoms with Gasteiger partial charge in [-0.3, -0.25) is 0 Å². The highest BCUT2D eigenvalue weighted by molar-refractivity contribution is 5.93. The summed E-state index contributed by atoms with van der Waals surface area (Å²) in [7, 11) is 4.79. The van der Waals surface area contributed by atoms with Gasteiger partial charge >= 0.3 is 6.03 Å². The van der Waals surface area contributed by atoms with Gasteiger partial charge in [0.1, 0.15) is 29.5 Å². The first-order chi connectivity index (χ1) is 23.1. The van der Waals surface area contributed by atoms with Crippen LogP contribution in [0, 0.1) is 5.41 Å². The molecule has 0 saturated carbocycles. The number of carbonyl (C=O) groups is 1. The van der Waals surface area contributed by atoms with Crippen LogP contribution in [-0.2, 0) is 29.0 Å². The lowest BCUT2D eigenvalue weighted by molar-refractivity contribution is -0.00848. The molecule has 0 saturated heterocycles. The molecule has 0 heterocycles. The van der Waals surface area contributed by atoms with E-state index in [1.165, 1.54) is 12.0 Å². The lowest BCUT2D eigenvalue weighted by Gasteiger charge is -2.25. The van der Waals surface area contributed by atoms with Gasteiger partial charge < -0.3 is 38.6 Å². The van der Waals surface area contributed by atoms with Crippen molar-refractivity contribution in [3.8, 4) is 23.0 Å². The van der Waals surface area contributed by atoms with Crippen LogP contribution in [0.15, 0.2) is 60.7 Å². The maximum atomic E-state index is 14.0. The molecule has 0 radical (unpaired) electrons. The lowest BCUT2D eigenvalue weighted by atomic mass is 9.88. The summed E-state index contributed by atoms with van der Waals surface area (Å²) in [6.45, 7) is 11.4. The zero-order valence-corrected chi connectivity index (χ0v) is 30.1. The summed E-state index contributed by atoms with van der Waals surface area (Å²) >= 11 is 0. The second kappa shape index (κ2) is 20.4. The molecular formula is C39H56N2O7. The maximum absolute atomic E-state index is 14.0. The minimum Gasteiger partial charge on any atom is -0.496 e. The van der Waals surface area contributed by atoms with Crippen LogP contribution in [0.2, 0.25) is 0 Å². The van der Waals surface area contributed by atoms with Crippen molar-refractivity contribution in [1.82, 2.24) is 4.90 Å². The highest BCUT2D eigenvalue weighted by Crippen LogP contribution is 2.40. The predicted molar refractivity (Wildman–Crippen MR) is 191 cm³/mol. The quantitative estimate of drug-likeness (QED) is 0.0899. The third kappa shape index (κ3) is 13.6. The topological polar surface area (TPSA) is 87.7 Å². The molecule has 3 aromatic rings. The van der Waals surface area contributed by atoms with Crippen LogP contribution < -0.4 is 24.3 Å². The third-order valence-corrected chi connectivity index (χ3v) is 7.74. The molecule has 2 amide bonds. The van der Waals surface area contributed by atoms with Gasteiger partial charge in [-0.1, -0.05) is 89.8 Å². The number of ether oxygens (including phenoxy) is 6. The number of rotatable bonds is 21. The van der Waals surface area contributed by atoms with Gasteiger partial charge in [0.2, 0.25) is 0 Å². The number of anilines is 1. The van der Waals surface area contributed by atoms with Gasteiger partial charge in [-0.15, -0.1) is 0 Å². The lowest BCUT2D eigenvalue weighted by Crippen LogP contribution is -2.35. The van der Waals surface area contributed by atoms with Crippen LogP contribution >= 0.6 is 0 Å². The second-order valence-corrected chi connectivity index (χ2v) is 13.1. The van der Waals surface area contributed by atoms with Crippen LogP contribution in [0.25, 0.3) is 0 Å². The van der Waals surface area contributed by atoms with Crippen LogP contribution in [-0.4, -0.2) is 58.8 Å². The van der Waals surface area contributed by atoms with Crippen LogP contribution in [0.4, 0.5) is 10.5 Å². The summed E-state index contributed by atoms with van der Waals surface area (Å²) in [6, 6.07) is 19.5. The molecule has 0 bridgehead atoms. The molecule has 48 heavy (non-hydrogen) atoms. The third-order valence-electron chi connectivity index (χ3n) is 7.74. The average molecular weight is 665 g/mol. The fraction of sp³-hybridized carbons (Fsp3) is 0.513. The first-order valence-electron chi connectivity index (χ1n) is 17.0. The minimum atomic E-state index is -0.239. The summed E-state index contributed by atoms with van der Waals surface area (Å²) in [5, 5.41) is 3.11. The van der Waals surface area contributed by atoms with Crippen molar-refractivity contribution in [2.24, 2.45) is 5.41 Å². The highest BCUT2D eigenvalue weighted by atomic mass is 16.7. The Kier molecular flexibility index (Phi) is 16.4. The van der Waals surface area contributed by atoms with E-state index in [2.05, 4.69) is 57.3 Å². The van der Waals surface area contributed by atoms with E-state index in [0.717, 1.165) is 43.2 Å². The van der Waals surface area contributed by atoms with E-state index in [4.69, 9.17) is 28.4 Å². The van der Waals surface area contributed by atoms with Gasteiger partial charge in [0.25, 0.3) is 0 Å². The fourth-order valence-corrected chi connectivity index (χ4v) is 5.18. The van der Waals surface area contributed by atoms with Gasteiger partial charge in [0.15, 0.2) is 12.5 Å². The summed E-state index contributed by atoms with van der Waals surface area (Å²) in [4.78, 5) is 15.8. The van der Waals surface area contributed by atoms with Crippen molar-refractivity contribution in [3.63, 3.8) is 0 Å². The Morgan fingerprint density at radius 1 is 0.750 bits per heavy atom. The Hall–Kier alpha value is -3.95. The molecule has 0 aliphatic carbocycles. The van der Waals surface area contributed by atoms with Crippen molar-refractivity contribution >= 4 is 11.7 Å². The van der Waals surface area contributed by atoms with E-state index in [9.17, 15) is 4.79 Å². The molecule has 0 unspecified atom stereocenters. The average Bonchev–Trinajstić information content (AvgIpc) is 3.07. The Labute approximate surface area is 287 Å².